The molecule has 3 fully saturated rings. The van der Waals surface area contributed by atoms with Gasteiger partial charge < -0.3 is 14.6 Å². The summed E-state index contributed by atoms with van der Waals surface area (Å²) >= 11 is 0. The minimum atomic E-state index is -0.0305. The maximum Gasteiger partial charge on any atom is 0.253 e. The van der Waals surface area contributed by atoms with Crippen LogP contribution in [0, 0.1) is 5.92 Å². The molecule has 1 aromatic carbocycles. The number of benzene rings is 1. The zero-order valence-corrected chi connectivity index (χ0v) is 16.9. The second-order valence-corrected chi connectivity index (χ2v) is 7.44. The van der Waals surface area contributed by atoms with Crippen molar-refractivity contribution in [2.24, 2.45) is 5.92 Å². The lowest BCUT2D eigenvalue weighted by molar-refractivity contribution is 0.0621. The van der Waals surface area contributed by atoms with Crippen molar-refractivity contribution in [3.05, 3.63) is 29.7 Å². The van der Waals surface area contributed by atoms with Crippen LogP contribution < -0.4 is 5.32 Å². The first-order chi connectivity index (χ1) is 12.7. The average Bonchev–Trinajstić information content (AvgIpc) is 3.09. The first-order valence-electron chi connectivity index (χ1n) is 9.82. The smallest absolute Gasteiger partial charge is 0.253 e. The van der Waals surface area contributed by atoms with Crippen molar-refractivity contribution in [3.8, 4) is 0 Å². The lowest BCUT2D eigenvalue weighted by Gasteiger charge is -2.44. The molecule has 1 amide bonds. The molecule has 0 unspecified atom stereocenters. The van der Waals surface area contributed by atoms with Crippen LogP contribution in [-0.2, 0) is 6.54 Å². The van der Waals surface area contributed by atoms with Gasteiger partial charge in [-0.05, 0) is 57.1 Å². The molecule has 148 valence electrons. The van der Waals surface area contributed by atoms with Gasteiger partial charge in [0.15, 0.2) is 5.58 Å². The van der Waals surface area contributed by atoms with Crippen molar-refractivity contribution in [1.29, 1.82) is 0 Å². The highest BCUT2D eigenvalue weighted by Crippen LogP contribution is 2.28. The van der Waals surface area contributed by atoms with Gasteiger partial charge in [-0.1, -0.05) is 19.9 Å². The van der Waals surface area contributed by atoms with E-state index in [1.54, 1.807) is 0 Å². The summed E-state index contributed by atoms with van der Waals surface area (Å²) in [6.07, 6.45) is 2.38. The van der Waals surface area contributed by atoms with Crippen molar-refractivity contribution >= 4 is 29.4 Å². The van der Waals surface area contributed by atoms with Crippen LogP contribution in [0.25, 0.3) is 11.1 Å². The SMILES string of the molecule is CCN(CC)Cc1nc2c(C(=O)N[C@@H]3CN4CCC3CC4)cccc2o1.Cl. The Balaban J connectivity index is 0.00000210. The van der Waals surface area contributed by atoms with Crippen LogP contribution in [0.1, 0.15) is 42.9 Å². The standard InChI is InChI=1S/C20H28N4O2.ClH/c1-3-23(4-2)13-18-22-19-15(6-5-7-17(19)26-18)20(25)21-16-12-24-10-8-14(16)9-11-24;/h5-7,14,16H,3-4,8-13H2,1-2H3,(H,21,25);1H/t16-;/m1./s1. The molecule has 0 spiro atoms. The average molecular weight is 393 g/mol. The summed E-state index contributed by atoms with van der Waals surface area (Å²) in [6.45, 7) is 10.1. The van der Waals surface area contributed by atoms with E-state index in [1.807, 2.05) is 18.2 Å². The summed E-state index contributed by atoms with van der Waals surface area (Å²) in [4.78, 5) is 22.3. The van der Waals surface area contributed by atoms with Crippen LogP contribution >= 0.6 is 12.4 Å². The van der Waals surface area contributed by atoms with E-state index in [4.69, 9.17) is 4.42 Å². The van der Waals surface area contributed by atoms with Crippen LogP contribution in [-0.4, -0.2) is 59.5 Å². The maximum atomic E-state index is 12.9. The zero-order chi connectivity index (χ0) is 18.1. The number of piperidine rings is 3. The molecule has 0 saturated carbocycles. The number of hydrogen-bond acceptors (Lipinski definition) is 5. The summed E-state index contributed by atoms with van der Waals surface area (Å²) in [5, 5.41) is 3.26. The number of halogens is 1. The Morgan fingerprint density at radius 3 is 2.67 bits per heavy atom. The van der Waals surface area contributed by atoms with Crippen LogP contribution in [0.15, 0.2) is 22.6 Å². The fourth-order valence-corrected chi connectivity index (χ4v) is 4.26. The normalized spacial score (nSPS) is 24.2. The summed E-state index contributed by atoms with van der Waals surface area (Å²) in [7, 11) is 0. The van der Waals surface area contributed by atoms with Crippen molar-refractivity contribution in [2.75, 3.05) is 32.7 Å². The van der Waals surface area contributed by atoms with Crippen LogP contribution in [0.5, 0.6) is 0 Å². The Hall–Kier alpha value is -1.63. The lowest BCUT2D eigenvalue weighted by Crippen LogP contribution is -2.57. The molecule has 4 heterocycles. The van der Waals surface area contributed by atoms with Gasteiger partial charge in [0.05, 0.1) is 12.1 Å². The fraction of sp³-hybridized carbons (Fsp3) is 0.600. The first-order valence-corrected chi connectivity index (χ1v) is 9.82. The number of rotatable bonds is 6. The number of nitrogens with one attached hydrogen (secondary N) is 1. The number of para-hydroxylation sites is 1. The molecule has 27 heavy (non-hydrogen) atoms. The van der Waals surface area contributed by atoms with E-state index in [-0.39, 0.29) is 24.4 Å². The van der Waals surface area contributed by atoms with Gasteiger partial charge in [-0.25, -0.2) is 4.98 Å². The van der Waals surface area contributed by atoms with Gasteiger partial charge in [0.25, 0.3) is 5.91 Å². The fourth-order valence-electron chi connectivity index (χ4n) is 4.26. The third-order valence-electron chi connectivity index (χ3n) is 5.93. The van der Waals surface area contributed by atoms with Crippen LogP contribution in [0.2, 0.25) is 0 Å². The van der Waals surface area contributed by atoms with E-state index in [0.29, 0.717) is 35.0 Å². The Labute approximate surface area is 166 Å². The summed E-state index contributed by atoms with van der Waals surface area (Å²) in [5.74, 6) is 1.25. The topological polar surface area (TPSA) is 61.6 Å². The number of carbonyl (C=O) groups is 1. The number of oxazole rings is 1. The molecule has 3 aliphatic heterocycles. The quantitative estimate of drug-likeness (QED) is 0.819. The van der Waals surface area contributed by atoms with Crippen LogP contribution in [0.3, 0.4) is 0 Å². The molecule has 0 radical (unpaired) electrons. The summed E-state index contributed by atoms with van der Waals surface area (Å²) < 4.78 is 5.89. The van der Waals surface area contributed by atoms with Gasteiger partial charge in [-0.2, -0.15) is 0 Å². The largest absolute Gasteiger partial charge is 0.439 e. The molecule has 1 aromatic heterocycles. The number of fused-ring (bicyclic) bond motifs is 4. The van der Waals surface area contributed by atoms with Gasteiger partial charge in [0.2, 0.25) is 5.89 Å². The predicted molar refractivity (Wildman–Crippen MR) is 108 cm³/mol. The van der Waals surface area contributed by atoms with Crippen LogP contribution in [0.4, 0.5) is 0 Å². The van der Waals surface area contributed by atoms with Gasteiger partial charge in [0, 0.05) is 12.6 Å². The van der Waals surface area contributed by atoms with E-state index >= 15 is 0 Å². The lowest BCUT2D eigenvalue weighted by atomic mass is 9.84. The first kappa shape index (κ1) is 20.1. The Morgan fingerprint density at radius 1 is 1.30 bits per heavy atom. The highest BCUT2D eigenvalue weighted by Gasteiger charge is 2.35. The van der Waals surface area contributed by atoms with Gasteiger partial charge in [-0.15, -0.1) is 12.4 Å². The molecule has 3 saturated heterocycles. The number of aromatic nitrogens is 1. The third-order valence-corrected chi connectivity index (χ3v) is 5.93. The highest BCUT2D eigenvalue weighted by molar-refractivity contribution is 6.04. The van der Waals surface area contributed by atoms with E-state index in [0.717, 1.165) is 19.6 Å². The van der Waals surface area contributed by atoms with E-state index in [2.05, 4.69) is 33.9 Å². The van der Waals surface area contributed by atoms with Gasteiger partial charge in [-0.3, -0.25) is 9.69 Å². The van der Waals surface area contributed by atoms with E-state index < -0.39 is 0 Å². The molecule has 3 aliphatic rings. The highest BCUT2D eigenvalue weighted by atomic mass is 35.5. The number of hydrogen-bond donors (Lipinski definition) is 1. The Kier molecular flexibility index (Phi) is 6.40. The molecule has 7 heteroatoms. The predicted octanol–water partition coefficient (Wildman–Crippen LogP) is 2.92. The third kappa shape index (κ3) is 4.13. The molecule has 6 nitrogen and oxygen atoms in total. The van der Waals surface area contributed by atoms with Crippen molar-refractivity contribution < 1.29 is 9.21 Å². The van der Waals surface area contributed by atoms with Crippen molar-refractivity contribution in [1.82, 2.24) is 20.1 Å². The van der Waals surface area contributed by atoms with E-state index in [9.17, 15) is 4.79 Å². The monoisotopic (exact) mass is 392 g/mol. The molecular formula is C20H29ClN4O2. The molecule has 1 atom stereocenters. The van der Waals surface area contributed by atoms with Gasteiger partial charge >= 0.3 is 0 Å². The Morgan fingerprint density at radius 2 is 2.04 bits per heavy atom. The second-order valence-electron chi connectivity index (χ2n) is 7.44. The number of nitrogens with zero attached hydrogens (tertiary/aromatic N) is 3. The molecule has 2 aromatic rings. The van der Waals surface area contributed by atoms with Crippen molar-refractivity contribution in [2.45, 2.75) is 39.3 Å². The zero-order valence-electron chi connectivity index (χ0n) is 16.1. The summed E-state index contributed by atoms with van der Waals surface area (Å²) in [5.41, 5.74) is 1.98. The summed E-state index contributed by atoms with van der Waals surface area (Å²) in [6, 6.07) is 5.87. The second kappa shape index (κ2) is 8.59. The van der Waals surface area contributed by atoms with E-state index in [1.165, 1.54) is 25.9 Å². The minimum Gasteiger partial charge on any atom is -0.439 e. The minimum absolute atomic E-state index is 0. The molecule has 0 aliphatic carbocycles. The molecule has 2 bridgehead atoms. The van der Waals surface area contributed by atoms with Crippen molar-refractivity contribution in [3.63, 3.8) is 0 Å². The molecule has 5 rings (SSSR count). The van der Waals surface area contributed by atoms with Gasteiger partial charge in [0.1, 0.15) is 5.52 Å². The number of amides is 1. The maximum absolute atomic E-state index is 12.9. The molecule has 1 N–H and O–H groups in total. The molecular weight excluding hydrogens is 364 g/mol. The number of carbonyl (C=O) groups excluding carboxylic acids is 1. The Bertz CT molecular complexity index is 781.